The third-order valence-corrected chi connectivity index (χ3v) is 4.07. The van der Waals surface area contributed by atoms with Gasteiger partial charge in [0.1, 0.15) is 0 Å². The van der Waals surface area contributed by atoms with Crippen LogP contribution in [-0.4, -0.2) is 15.6 Å². The first-order valence-electron chi connectivity index (χ1n) is 6.79. The minimum absolute atomic E-state index is 0.363. The van der Waals surface area contributed by atoms with Crippen LogP contribution in [0.1, 0.15) is 37.9 Å². The van der Waals surface area contributed by atoms with Gasteiger partial charge in [0.05, 0.1) is 28.9 Å². The predicted molar refractivity (Wildman–Crippen MR) is 77.8 cm³/mol. The second-order valence-corrected chi connectivity index (χ2v) is 5.60. The Bertz CT molecular complexity index is 564. The lowest BCUT2D eigenvalue weighted by molar-refractivity contribution is 0.334. The molecule has 0 spiro atoms. The Kier molecular flexibility index (Phi) is 3.58. The van der Waals surface area contributed by atoms with Crippen molar-refractivity contribution in [2.75, 3.05) is 0 Å². The highest BCUT2D eigenvalue weighted by Crippen LogP contribution is 2.29. The maximum atomic E-state index is 6.29. The summed E-state index contributed by atoms with van der Waals surface area (Å²) in [6.07, 6.45) is 7.44. The lowest BCUT2D eigenvalue weighted by Gasteiger charge is -2.29. The van der Waals surface area contributed by atoms with Crippen molar-refractivity contribution >= 4 is 11.6 Å². The Morgan fingerprint density at radius 1 is 1.32 bits per heavy atom. The highest BCUT2D eigenvalue weighted by Gasteiger charge is 2.22. The smallest absolute Gasteiger partial charge is 0.0995 e. The summed E-state index contributed by atoms with van der Waals surface area (Å²) in [5, 5.41) is 4.40. The summed E-state index contributed by atoms with van der Waals surface area (Å²) in [6.45, 7) is 2.24. The summed E-state index contributed by atoms with van der Waals surface area (Å²) in [6, 6.07) is 8.82. The maximum Gasteiger partial charge on any atom is 0.0995 e. The molecular formula is C15H18ClN3. The van der Waals surface area contributed by atoms with Gasteiger partial charge in [-0.1, -0.05) is 23.7 Å². The highest BCUT2D eigenvalue weighted by atomic mass is 35.5. The van der Waals surface area contributed by atoms with Gasteiger partial charge in [0.2, 0.25) is 0 Å². The van der Waals surface area contributed by atoms with Crippen LogP contribution in [0.5, 0.6) is 0 Å². The summed E-state index contributed by atoms with van der Waals surface area (Å²) >= 11 is 6.29. The number of piperidine rings is 1. The van der Waals surface area contributed by atoms with Crippen molar-refractivity contribution in [3.05, 3.63) is 47.5 Å². The quantitative estimate of drug-likeness (QED) is 0.905. The van der Waals surface area contributed by atoms with E-state index in [1.165, 1.54) is 18.5 Å². The van der Waals surface area contributed by atoms with Crippen molar-refractivity contribution in [2.24, 2.45) is 0 Å². The average molecular weight is 276 g/mol. The molecule has 1 aromatic carbocycles. The number of nitrogens with one attached hydrogen (secondary N) is 1. The van der Waals surface area contributed by atoms with Gasteiger partial charge in [-0.15, -0.1) is 0 Å². The molecule has 2 unspecified atom stereocenters. The van der Waals surface area contributed by atoms with E-state index in [1.807, 2.05) is 36.8 Å². The first-order chi connectivity index (χ1) is 9.25. The Hall–Kier alpha value is -1.32. The zero-order chi connectivity index (χ0) is 13.2. The predicted octanol–water partition coefficient (Wildman–Crippen LogP) is 3.73. The van der Waals surface area contributed by atoms with E-state index in [4.69, 9.17) is 11.6 Å². The summed E-state index contributed by atoms with van der Waals surface area (Å²) in [4.78, 5) is 4.30. The van der Waals surface area contributed by atoms with Crippen LogP contribution < -0.4 is 5.32 Å². The molecule has 0 saturated carbocycles. The minimum Gasteiger partial charge on any atom is -0.306 e. The molecule has 100 valence electrons. The van der Waals surface area contributed by atoms with Crippen molar-refractivity contribution in [3.63, 3.8) is 0 Å². The molecule has 0 radical (unpaired) electrons. The lowest BCUT2D eigenvalue weighted by atomic mass is 9.97. The third kappa shape index (κ3) is 2.53. The van der Waals surface area contributed by atoms with E-state index in [1.54, 1.807) is 0 Å². The number of nitrogens with zero attached hydrogens (tertiary/aromatic N) is 2. The normalized spacial score (nSPS) is 23.5. The topological polar surface area (TPSA) is 29.9 Å². The minimum atomic E-state index is 0.363. The van der Waals surface area contributed by atoms with Crippen molar-refractivity contribution < 1.29 is 0 Å². The molecule has 1 N–H and O–H groups in total. The Labute approximate surface area is 118 Å². The maximum absolute atomic E-state index is 6.29. The van der Waals surface area contributed by atoms with Gasteiger partial charge >= 0.3 is 0 Å². The molecule has 2 aromatic rings. The van der Waals surface area contributed by atoms with Crippen LogP contribution in [0.3, 0.4) is 0 Å². The number of benzene rings is 1. The number of halogens is 1. The van der Waals surface area contributed by atoms with Gasteiger partial charge in [-0.05, 0) is 38.3 Å². The largest absolute Gasteiger partial charge is 0.306 e. The van der Waals surface area contributed by atoms with E-state index in [0.717, 1.165) is 17.1 Å². The molecule has 1 saturated heterocycles. The van der Waals surface area contributed by atoms with E-state index in [0.29, 0.717) is 12.1 Å². The molecule has 4 heteroatoms. The number of aromatic nitrogens is 2. The lowest BCUT2D eigenvalue weighted by Crippen LogP contribution is -2.35. The van der Waals surface area contributed by atoms with Gasteiger partial charge in [0.15, 0.2) is 0 Å². The van der Waals surface area contributed by atoms with Crippen molar-refractivity contribution in [1.82, 2.24) is 14.9 Å². The van der Waals surface area contributed by atoms with Gasteiger partial charge in [-0.2, -0.15) is 0 Å². The molecule has 0 bridgehead atoms. The summed E-state index contributed by atoms with van der Waals surface area (Å²) < 4.78 is 2.10. The van der Waals surface area contributed by atoms with Crippen LogP contribution in [0, 0.1) is 0 Å². The molecule has 1 aliphatic rings. The van der Waals surface area contributed by atoms with Crippen molar-refractivity contribution in [1.29, 1.82) is 0 Å². The van der Waals surface area contributed by atoms with Crippen LogP contribution in [0.2, 0.25) is 5.02 Å². The van der Waals surface area contributed by atoms with E-state index in [9.17, 15) is 0 Å². The van der Waals surface area contributed by atoms with E-state index < -0.39 is 0 Å². The van der Waals surface area contributed by atoms with Gasteiger partial charge < -0.3 is 9.88 Å². The molecule has 1 aliphatic heterocycles. The molecular weight excluding hydrogens is 258 g/mol. The van der Waals surface area contributed by atoms with Crippen LogP contribution in [0.25, 0.3) is 5.69 Å². The van der Waals surface area contributed by atoms with Crippen LogP contribution in [0.4, 0.5) is 0 Å². The summed E-state index contributed by atoms with van der Waals surface area (Å²) in [7, 11) is 0. The molecule has 0 amide bonds. The number of imidazole rings is 1. The summed E-state index contributed by atoms with van der Waals surface area (Å²) in [5.74, 6) is 0. The third-order valence-electron chi connectivity index (χ3n) is 3.75. The van der Waals surface area contributed by atoms with Gasteiger partial charge in [-0.25, -0.2) is 4.98 Å². The van der Waals surface area contributed by atoms with Crippen molar-refractivity contribution in [2.45, 2.75) is 38.3 Å². The average Bonchev–Trinajstić information content (AvgIpc) is 2.88. The number of para-hydroxylation sites is 1. The molecule has 3 rings (SSSR count). The Morgan fingerprint density at radius 2 is 2.16 bits per heavy atom. The Balaban J connectivity index is 1.96. The van der Waals surface area contributed by atoms with E-state index in [-0.39, 0.29) is 0 Å². The zero-order valence-corrected chi connectivity index (χ0v) is 11.8. The second-order valence-electron chi connectivity index (χ2n) is 5.19. The first kappa shape index (κ1) is 12.7. The van der Waals surface area contributed by atoms with Gasteiger partial charge in [0, 0.05) is 12.1 Å². The monoisotopic (exact) mass is 275 g/mol. The SMILES string of the molecule is CC1CCCC(c2cncn2-c2ccccc2Cl)N1. The number of hydrogen-bond acceptors (Lipinski definition) is 2. The second kappa shape index (κ2) is 5.35. The van der Waals surface area contributed by atoms with Crippen molar-refractivity contribution in [3.8, 4) is 5.69 Å². The van der Waals surface area contributed by atoms with Gasteiger partial charge in [0.25, 0.3) is 0 Å². The molecule has 0 aliphatic carbocycles. The molecule has 3 nitrogen and oxygen atoms in total. The number of hydrogen-bond donors (Lipinski definition) is 1. The number of rotatable bonds is 2. The molecule has 2 heterocycles. The van der Waals surface area contributed by atoms with Crippen LogP contribution >= 0.6 is 11.6 Å². The van der Waals surface area contributed by atoms with E-state index in [2.05, 4.69) is 21.8 Å². The fourth-order valence-corrected chi connectivity index (χ4v) is 3.01. The fourth-order valence-electron chi connectivity index (χ4n) is 2.78. The van der Waals surface area contributed by atoms with Crippen LogP contribution in [0.15, 0.2) is 36.8 Å². The van der Waals surface area contributed by atoms with E-state index >= 15 is 0 Å². The van der Waals surface area contributed by atoms with Gasteiger partial charge in [-0.3, -0.25) is 0 Å². The zero-order valence-electron chi connectivity index (χ0n) is 11.0. The fraction of sp³-hybridized carbons (Fsp3) is 0.400. The molecule has 1 aromatic heterocycles. The standard InChI is InChI=1S/C15H18ClN3/c1-11-5-4-7-13(18-11)15-9-17-10-19(15)14-8-3-2-6-12(14)16/h2-3,6,8-11,13,18H,4-5,7H2,1H3. The summed E-state index contributed by atoms with van der Waals surface area (Å²) in [5.41, 5.74) is 2.19. The molecule has 2 atom stereocenters. The molecule has 1 fully saturated rings. The first-order valence-corrected chi connectivity index (χ1v) is 7.16. The van der Waals surface area contributed by atoms with Crippen LogP contribution in [-0.2, 0) is 0 Å². The Morgan fingerprint density at radius 3 is 2.95 bits per heavy atom. The highest BCUT2D eigenvalue weighted by molar-refractivity contribution is 6.32. The molecule has 19 heavy (non-hydrogen) atoms.